The van der Waals surface area contributed by atoms with Crippen LogP contribution in [0.15, 0.2) is 45.8 Å². The Morgan fingerprint density at radius 1 is 1.06 bits per heavy atom. The molecular weight excluding hydrogens is 533 g/mol. The first-order valence-corrected chi connectivity index (χ1v) is 12.9. The molecule has 0 unspecified atom stereocenters. The summed E-state index contributed by atoms with van der Waals surface area (Å²) in [6, 6.07) is 10.9. The van der Waals surface area contributed by atoms with E-state index in [1.165, 1.54) is 24.2 Å². The van der Waals surface area contributed by atoms with Crippen LogP contribution in [0.5, 0.6) is 5.75 Å². The third kappa shape index (κ3) is 5.71. The number of imide groups is 1. The molecule has 0 atom stereocenters. The molecule has 0 aromatic heterocycles. The summed E-state index contributed by atoms with van der Waals surface area (Å²) < 4.78 is 6.64. The van der Waals surface area contributed by atoms with Crippen molar-refractivity contribution in [1.82, 2.24) is 4.90 Å². The van der Waals surface area contributed by atoms with E-state index in [1.807, 2.05) is 24.3 Å². The Balaban J connectivity index is 1.41. The molecule has 2 fully saturated rings. The van der Waals surface area contributed by atoms with E-state index in [-0.39, 0.29) is 11.1 Å². The summed E-state index contributed by atoms with van der Waals surface area (Å²) in [6.45, 7) is 0.877. The highest BCUT2D eigenvalue weighted by Crippen LogP contribution is 2.36. The van der Waals surface area contributed by atoms with Gasteiger partial charge in [-0.1, -0.05) is 54.6 Å². The van der Waals surface area contributed by atoms with Crippen LogP contribution in [0, 0.1) is 5.92 Å². The first-order chi connectivity index (χ1) is 15.4. The van der Waals surface area contributed by atoms with Crippen molar-refractivity contribution in [2.45, 2.75) is 38.7 Å². The number of thioether (sulfide) groups is 1. The number of hydrogen-bond acceptors (Lipinski definition) is 4. The fraction of sp³-hybridized carbons (Fsp3) is 0.333. The molecule has 168 valence electrons. The molecule has 4 nitrogen and oxygen atoms in total. The smallest absolute Gasteiger partial charge is 0.293 e. The van der Waals surface area contributed by atoms with E-state index in [4.69, 9.17) is 27.9 Å². The fourth-order valence-electron chi connectivity index (χ4n) is 3.95. The second-order valence-corrected chi connectivity index (χ2v) is 10.7. The summed E-state index contributed by atoms with van der Waals surface area (Å²) in [5.74, 6) is 0.901. The predicted molar refractivity (Wildman–Crippen MR) is 134 cm³/mol. The lowest BCUT2D eigenvalue weighted by atomic mass is 9.89. The van der Waals surface area contributed by atoms with Crippen LogP contribution in [0.1, 0.15) is 43.2 Å². The van der Waals surface area contributed by atoms with E-state index < -0.39 is 0 Å². The van der Waals surface area contributed by atoms with Crippen LogP contribution >= 0.6 is 50.9 Å². The zero-order chi connectivity index (χ0) is 22.7. The minimum absolute atomic E-state index is 0.174. The lowest BCUT2D eigenvalue weighted by Gasteiger charge is -2.25. The highest BCUT2D eigenvalue weighted by atomic mass is 79.9. The van der Waals surface area contributed by atoms with Gasteiger partial charge in [-0.3, -0.25) is 14.5 Å². The van der Waals surface area contributed by atoms with Crippen molar-refractivity contribution in [3.8, 4) is 5.75 Å². The Hall–Kier alpha value is -1.47. The Morgan fingerprint density at radius 3 is 2.56 bits per heavy atom. The van der Waals surface area contributed by atoms with Gasteiger partial charge in [0.1, 0.15) is 12.4 Å². The number of ether oxygens (including phenoxy) is 1. The summed E-state index contributed by atoms with van der Waals surface area (Å²) >= 11 is 16.6. The van der Waals surface area contributed by atoms with E-state index in [2.05, 4.69) is 15.9 Å². The van der Waals surface area contributed by atoms with Crippen molar-refractivity contribution >= 4 is 68.1 Å². The topological polar surface area (TPSA) is 46.6 Å². The number of benzene rings is 2. The predicted octanol–water partition coefficient (Wildman–Crippen LogP) is 7.95. The molecule has 2 aromatic carbocycles. The van der Waals surface area contributed by atoms with Gasteiger partial charge in [-0.15, -0.1) is 0 Å². The number of amides is 2. The van der Waals surface area contributed by atoms with Gasteiger partial charge in [0.15, 0.2) is 0 Å². The molecule has 0 N–H and O–H groups in total. The quantitative estimate of drug-likeness (QED) is 0.340. The summed E-state index contributed by atoms with van der Waals surface area (Å²) in [4.78, 5) is 27.1. The van der Waals surface area contributed by atoms with Crippen LogP contribution in [0.4, 0.5) is 4.79 Å². The molecule has 1 aliphatic heterocycles. The average molecular weight is 555 g/mol. The Labute approximate surface area is 210 Å². The minimum atomic E-state index is -0.193. The van der Waals surface area contributed by atoms with Gasteiger partial charge in [0, 0.05) is 6.54 Å². The Kier molecular flexibility index (Phi) is 7.87. The number of nitrogens with zero attached hydrogens (tertiary/aromatic N) is 1. The zero-order valence-corrected chi connectivity index (χ0v) is 21.2. The molecule has 1 saturated carbocycles. The lowest BCUT2D eigenvalue weighted by molar-refractivity contribution is -0.123. The molecule has 2 amide bonds. The number of carbonyl (C=O) groups excluding carboxylic acids is 2. The standard InChI is InChI=1S/C24H22BrCl2NO3S/c25-18-10-16(7-9-21(18)31-14-17-6-8-19(26)20(27)11-17)12-22-23(29)28(24(30)32-22)13-15-4-2-1-3-5-15/h6-12,15H,1-5,13-14H2/b22-12+. The highest BCUT2D eigenvalue weighted by Gasteiger charge is 2.36. The van der Waals surface area contributed by atoms with Gasteiger partial charge in [0.25, 0.3) is 11.1 Å². The van der Waals surface area contributed by atoms with Crippen LogP contribution in [0.2, 0.25) is 10.0 Å². The third-order valence-corrected chi connectivity index (χ3v) is 7.94. The molecule has 8 heteroatoms. The highest BCUT2D eigenvalue weighted by molar-refractivity contribution is 9.10. The Morgan fingerprint density at radius 2 is 1.84 bits per heavy atom. The van der Waals surface area contributed by atoms with Gasteiger partial charge < -0.3 is 4.74 Å². The molecule has 1 saturated heterocycles. The molecule has 1 aliphatic carbocycles. The first-order valence-electron chi connectivity index (χ1n) is 10.5. The maximum absolute atomic E-state index is 12.8. The van der Waals surface area contributed by atoms with Crippen molar-refractivity contribution in [3.63, 3.8) is 0 Å². The lowest BCUT2D eigenvalue weighted by Crippen LogP contribution is -2.34. The monoisotopic (exact) mass is 553 g/mol. The van der Waals surface area contributed by atoms with Crippen LogP contribution in [-0.2, 0) is 11.4 Å². The molecule has 0 spiro atoms. The largest absolute Gasteiger partial charge is 0.488 e. The zero-order valence-electron chi connectivity index (χ0n) is 17.3. The summed E-state index contributed by atoms with van der Waals surface area (Å²) in [6.07, 6.45) is 7.57. The summed E-state index contributed by atoms with van der Waals surface area (Å²) in [5, 5.41) is 0.816. The first kappa shape index (κ1) is 23.7. The molecule has 0 bridgehead atoms. The normalized spacial score (nSPS) is 18.6. The van der Waals surface area contributed by atoms with Crippen LogP contribution in [0.3, 0.4) is 0 Å². The molecule has 32 heavy (non-hydrogen) atoms. The van der Waals surface area contributed by atoms with Crippen molar-refractivity contribution in [2.24, 2.45) is 5.92 Å². The van der Waals surface area contributed by atoms with Crippen LogP contribution in [-0.4, -0.2) is 22.6 Å². The summed E-state index contributed by atoms with van der Waals surface area (Å²) in [5.41, 5.74) is 1.73. The number of halogens is 3. The van der Waals surface area contributed by atoms with Crippen LogP contribution < -0.4 is 4.74 Å². The minimum Gasteiger partial charge on any atom is -0.488 e. The second kappa shape index (κ2) is 10.6. The molecular formula is C24H22BrCl2NO3S. The van der Waals surface area contributed by atoms with E-state index >= 15 is 0 Å². The maximum Gasteiger partial charge on any atom is 0.293 e. The van der Waals surface area contributed by atoms with Gasteiger partial charge in [-0.05, 0) is 87.9 Å². The molecule has 4 rings (SSSR count). The number of carbonyl (C=O) groups is 2. The number of hydrogen-bond donors (Lipinski definition) is 0. The fourth-order valence-corrected chi connectivity index (χ4v) is 5.63. The van der Waals surface area contributed by atoms with E-state index in [0.29, 0.717) is 39.8 Å². The molecule has 0 radical (unpaired) electrons. The van der Waals surface area contributed by atoms with Crippen molar-refractivity contribution in [3.05, 3.63) is 66.9 Å². The van der Waals surface area contributed by atoms with Gasteiger partial charge in [0.05, 0.1) is 19.4 Å². The van der Waals surface area contributed by atoms with E-state index in [1.54, 1.807) is 18.2 Å². The molecule has 2 aliphatic rings. The molecule has 1 heterocycles. The van der Waals surface area contributed by atoms with Crippen LogP contribution in [0.25, 0.3) is 6.08 Å². The van der Waals surface area contributed by atoms with Gasteiger partial charge in [0.2, 0.25) is 0 Å². The van der Waals surface area contributed by atoms with Crippen molar-refractivity contribution in [2.75, 3.05) is 6.54 Å². The SMILES string of the molecule is O=C1S/C(=C/c2ccc(OCc3ccc(Cl)c(Cl)c3)c(Br)c2)C(=O)N1CC1CCCCC1. The van der Waals surface area contributed by atoms with E-state index in [0.717, 1.165) is 40.2 Å². The average Bonchev–Trinajstić information content (AvgIpc) is 3.03. The summed E-state index contributed by atoms with van der Waals surface area (Å²) in [7, 11) is 0. The van der Waals surface area contributed by atoms with Gasteiger partial charge >= 0.3 is 0 Å². The second-order valence-electron chi connectivity index (χ2n) is 8.02. The van der Waals surface area contributed by atoms with Gasteiger partial charge in [-0.2, -0.15) is 0 Å². The van der Waals surface area contributed by atoms with Crippen molar-refractivity contribution < 1.29 is 14.3 Å². The van der Waals surface area contributed by atoms with E-state index in [9.17, 15) is 9.59 Å². The molecule has 2 aromatic rings. The van der Waals surface area contributed by atoms with Crippen molar-refractivity contribution in [1.29, 1.82) is 0 Å². The third-order valence-electron chi connectivity index (χ3n) is 5.67. The Bertz CT molecular complexity index is 1070. The van der Waals surface area contributed by atoms with Gasteiger partial charge in [-0.25, -0.2) is 0 Å². The number of rotatable bonds is 6. The maximum atomic E-state index is 12.8.